The Morgan fingerprint density at radius 3 is 2.17 bits per heavy atom. The molecule has 130 valence electrons. The van der Waals surface area contributed by atoms with Crippen LogP contribution < -0.4 is 11.1 Å². The fraction of sp³-hybridized carbons (Fsp3) is 0.529. The largest absolute Gasteiger partial charge is 0.350 e. The molecule has 0 saturated heterocycles. The number of rotatable bonds is 6. The van der Waals surface area contributed by atoms with Gasteiger partial charge in [-0.1, -0.05) is 26.0 Å². The van der Waals surface area contributed by atoms with E-state index >= 15 is 0 Å². The zero-order chi connectivity index (χ0) is 16.9. The van der Waals surface area contributed by atoms with Crippen LogP contribution >= 0.6 is 12.4 Å². The molecule has 0 bridgehead atoms. The molecule has 0 atom stereocenters. The summed E-state index contributed by atoms with van der Waals surface area (Å²) in [5.41, 5.74) is 6.99. The Morgan fingerprint density at radius 2 is 1.74 bits per heavy atom. The van der Waals surface area contributed by atoms with Gasteiger partial charge in [-0.05, 0) is 31.5 Å². The number of nitrogens with one attached hydrogen (secondary N) is 1. The van der Waals surface area contributed by atoms with Crippen molar-refractivity contribution in [2.75, 3.05) is 13.6 Å². The van der Waals surface area contributed by atoms with Gasteiger partial charge in [0, 0.05) is 37.2 Å². The average molecular weight is 342 g/mol. The molecule has 1 aromatic carbocycles. The molecule has 2 amide bonds. The smallest absolute Gasteiger partial charge is 0.251 e. The number of carbonyl (C=O) groups excluding carboxylic acids is 2. The molecule has 0 fully saturated rings. The molecule has 1 rings (SSSR count). The first-order chi connectivity index (χ1) is 10.1. The summed E-state index contributed by atoms with van der Waals surface area (Å²) in [5, 5.41) is 2.80. The first kappa shape index (κ1) is 21.4. The minimum Gasteiger partial charge on any atom is -0.350 e. The molecule has 0 aromatic heterocycles. The molecule has 0 aliphatic rings. The number of benzene rings is 1. The van der Waals surface area contributed by atoms with E-state index < -0.39 is 5.54 Å². The van der Waals surface area contributed by atoms with E-state index in [4.69, 9.17) is 5.73 Å². The molecule has 0 radical (unpaired) electrons. The quantitative estimate of drug-likeness (QED) is 0.832. The summed E-state index contributed by atoms with van der Waals surface area (Å²) in [4.78, 5) is 25.5. The van der Waals surface area contributed by atoms with Crippen molar-refractivity contribution in [3.8, 4) is 0 Å². The molecule has 5 nitrogen and oxygen atoms in total. The predicted octanol–water partition coefficient (Wildman–Crippen LogP) is 2.19. The van der Waals surface area contributed by atoms with Gasteiger partial charge in [0.15, 0.2) is 0 Å². The number of hydrogen-bond acceptors (Lipinski definition) is 3. The summed E-state index contributed by atoms with van der Waals surface area (Å²) >= 11 is 0. The van der Waals surface area contributed by atoms with Crippen molar-refractivity contribution in [2.24, 2.45) is 11.7 Å². The van der Waals surface area contributed by atoms with Crippen LogP contribution in [0, 0.1) is 5.92 Å². The molecule has 0 heterocycles. The van der Waals surface area contributed by atoms with Crippen LogP contribution in [0.2, 0.25) is 0 Å². The Labute approximate surface area is 145 Å². The third-order valence-electron chi connectivity index (χ3n) is 3.21. The van der Waals surface area contributed by atoms with E-state index in [1.165, 1.54) is 0 Å². The maximum Gasteiger partial charge on any atom is 0.251 e. The van der Waals surface area contributed by atoms with Crippen molar-refractivity contribution in [2.45, 2.75) is 39.8 Å². The highest BCUT2D eigenvalue weighted by molar-refractivity contribution is 5.94. The van der Waals surface area contributed by atoms with E-state index in [-0.39, 0.29) is 30.1 Å². The Kier molecular flexibility index (Phi) is 8.28. The number of halogens is 1. The van der Waals surface area contributed by atoms with Gasteiger partial charge in [0.05, 0.1) is 0 Å². The molecule has 0 unspecified atom stereocenters. The standard InChI is InChI=1S/C17H27N3O2.ClH/c1-12(2)16(22)20(5)10-13-6-8-14(9-7-13)15(21)19-11-17(3,4)18;/h6-9,12H,10-11,18H2,1-5H3,(H,19,21);1H. The summed E-state index contributed by atoms with van der Waals surface area (Å²) in [5.74, 6) is -0.0571. The van der Waals surface area contributed by atoms with Crippen molar-refractivity contribution >= 4 is 24.2 Å². The van der Waals surface area contributed by atoms with Crippen molar-refractivity contribution in [3.63, 3.8) is 0 Å². The van der Waals surface area contributed by atoms with E-state index in [2.05, 4.69) is 5.32 Å². The molecule has 6 heteroatoms. The summed E-state index contributed by atoms with van der Waals surface area (Å²) in [6.45, 7) is 8.43. The van der Waals surface area contributed by atoms with E-state index in [1.807, 2.05) is 39.8 Å². The third-order valence-corrected chi connectivity index (χ3v) is 3.21. The second-order valence-electron chi connectivity index (χ2n) is 6.72. The van der Waals surface area contributed by atoms with Crippen LogP contribution in [-0.4, -0.2) is 35.8 Å². The van der Waals surface area contributed by atoms with Gasteiger partial charge in [0.1, 0.15) is 0 Å². The number of nitrogens with two attached hydrogens (primary N) is 1. The lowest BCUT2D eigenvalue weighted by atomic mass is 10.1. The fourth-order valence-corrected chi connectivity index (χ4v) is 1.96. The minimum atomic E-state index is -0.435. The van der Waals surface area contributed by atoms with Gasteiger partial charge < -0.3 is 16.0 Å². The minimum absolute atomic E-state index is 0. The second kappa shape index (κ2) is 8.89. The van der Waals surface area contributed by atoms with Gasteiger partial charge in [-0.25, -0.2) is 0 Å². The summed E-state index contributed by atoms with van der Waals surface area (Å²) in [6, 6.07) is 7.27. The van der Waals surface area contributed by atoms with Crippen LogP contribution in [0.1, 0.15) is 43.6 Å². The molecule has 0 aliphatic carbocycles. The third kappa shape index (κ3) is 7.48. The van der Waals surface area contributed by atoms with Crippen LogP contribution in [0.15, 0.2) is 24.3 Å². The molecule has 1 aromatic rings. The Bertz CT molecular complexity index is 522. The normalized spacial score (nSPS) is 10.9. The molecule has 0 spiro atoms. The van der Waals surface area contributed by atoms with Gasteiger partial charge in [0.25, 0.3) is 5.91 Å². The molecular weight excluding hydrogens is 314 g/mol. The van der Waals surface area contributed by atoms with E-state index in [9.17, 15) is 9.59 Å². The van der Waals surface area contributed by atoms with Gasteiger partial charge >= 0.3 is 0 Å². The molecule has 23 heavy (non-hydrogen) atoms. The highest BCUT2D eigenvalue weighted by atomic mass is 35.5. The summed E-state index contributed by atoms with van der Waals surface area (Å²) in [6.07, 6.45) is 0. The molecule has 0 aliphatic heterocycles. The summed E-state index contributed by atoms with van der Waals surface area (Å²) < 4.78 is 0. The van der Waals surface area contributed by atoms with E-state index in [0.717, 1.165) is 5.56 Å². The Hall–Kier alpha value is -1.59. The fourth-order valence-electron chi connectivity index (χ4n) is 1.96. The van der Waals surface area contributed by atoms with Crippen LogP contribution in [0.4, 0.5) is 0 Å². The number of amides is 2. The van der Waals surface area contributed by atoms with Crippen LogP contribution in [0.3, 0.4) is 0 Å². The highest BCUT2D eigenvalue weighted by Crippen LogP contribution is 2.09. The Balaban J connectivity index is 0.00000484. The zero-order valence-corrected chi connectivity index (χ0v) is 15.4. The zero-order valence-electron chi connectivity index (χ0n) is 14.6. The van der Waals surface area contributed by atoms with Crippen LogP contribution in [0.25, 0.3) is 0 Å². The number of hydrogen-bond donors (Lipinski definition) is 2. The second-order valence-corrected chi connectivity index (χ2v) is 6.72. The lowest BCUT2D eigenvalue weighted by Gasteiger charge is -2.20. The maximum absolute atomic E-state index is 12.0. The van der Waals surface area contributed by atoms with Crippen molar-refractivity contribution in [3.05, 3.63) is 35.4 Å². The average Bonchev–Trinajstić information content (AvgIpc) is 2.43. The van der Waals surface area contributed by atoms with Crippen molar-refractivity contribution < 1.29 is 9.59 Å². The topological polar surface area (TPSA) is 75.4 Å². The van der Waals surface area contributed by atoms with Crippen molar-refractivity contribution in [1.82, 2.24) is 10.2 Å². The lowest BCUT2D eigenvalue weighted by Crippen LogP contribution is -2.45. The van der Waals surface area contributed by atoms with Crippen molar-refractivity contribution in [1.29, 1.82) is 0 Å². The molecule has 0 saturated carbocycles. The van der Waals surface area contributed by atoms with Gasteiger partial charge in [-0.2, -0.15) is 0 Å². The molecular formula is C17H28ClN3O2. The first-order valence-electron chi connectivity index (χ1n) is 7.51. The SMILES string of the molecule is CC(C)C(=O)N(C)Cc1ccc(C(=O)NCC(C)(C)N)cc1.Cl. The number of nitrogens with zero attached hydrogens (tertiary/aromatic N) is 1. The highest BCUT2D eigenvalue weighted by Gasteiger charge is 2.15. The maximum atomic E-state index is 12.0. The lowest BCUT2D eigenvalue weighted by molar-refractivity contribution is -0.133. The van der Waals surface area contributed by atoms with Gasteiger partial charge in [0.2, 0.25) is 5.91 Å². The van der Waals surface area contributed by atoms with Crippen LogP contribution in [-0.2, 0) is 11.3 Å². The van der Waals surface area contributed by atoms with Gasteiger partial charge in [-0.15, -0.1) is 12.4 Å². The summed E-state index contributed by atoms with van der Waals surface area (Å²) in [7, 11) is 1.78. The van der Waals surface area contributed by atoms with Gasteiger partial charge in [-0.3, -0.25) is 9.59 Å². The monoisotopic (exact) mass is 341 g/mol. The first-order valence-corrected chi connectivity index (χ1v) is 7.51. The Morgan fingerprint density at radius 1 is 1.22 bits per heavy atom. The molecule has 3 N–H and O–H groups in total. The van der Waals surface area contributed by atoms with E-state index in [1.54, 1.807) is 24.1 Å². The van der Waals surface area contributed by atoms with Crippen LogP contribution in [0.5, 0.6) is 0 Å². The predicted molar refractivity (Wildman–Crippen MR) is 95.6 cm³/mol. The number of carbonyl (C=O) groups is 2. The van der Waals surface area contributed by atoms with E-state index in [0.29, 0.717) is 18.7 Å².